The van der Waals surface area contributed by atoms with Crippen molar-refractivity contribution in [2.45, 2.75) is 26.3 Å². The maximum absolute atomic E-state index is 12.6. The number of benzene rings is 1. The van der Waals surface area contributed by atoms with Crippen LogP contribution in [0.1, 0.15) is 17.9 Å². The minimum Gasteiger partial charge on any atom is -0.344 e. The lowest BCUT2D eigenvalue weighted by Gasteiger charge is -2.17. The Labute approximate surface area is 151 Å². The topological polar surface area (TPSA) is 73.0 Å². The molecular formula is C19H23N5O2. The fourth-order valence-corrected chi connectivity index (χ4v) is 3.00. The summed E-state index contributed by atoms with van der Waals surface area (Å²) < 4.78 is 3.23. The highest BCUT2D eigenvalue weighted by molar-refractivity contribution is 5.83. The van der Waals surface area contributed by atoms with E-state index in [2.05, 4.69) is 10.1 Å². The molecule has 7 heteroatoms. The van der Waals surface area contributed by atoms with Crippen molar-refractivity contribution < 1.29 is 4.79 Å². The average molecular weight is 353 g/mol. The minimum atomic E-state index is -0.235. The Bertz CT molecular complexity index is 989. The number of aryl methyl sites for hydroxylation is 3. The fraction of sp³-hybridized carbons (Fsp3) is 0.368. The molecule has 0 aliphatic rings. The second kappa shape index (κ2) is 7.51. The van der Waals surface area contributed by atoms with E-state index in [1.807, 2.05) is 42.9 Å². The molecule has 0 aliphatic carbocycles. The number of nitrogens with zero attached hydrogens (tertiary/aromatic N) is 5. The van der Waals surface area contributed by atoms with Crippen LogP contribution in [0.2, 0.25) is 0 Å². The summed E-state index contributed by atoms with van der Waals surface area (Å²) in [6.07, 6.45) is 5.29. The Morgan fingerprint density at radius 1 is 1.23 bits per heavy atom. The lowest BCUT2D eigenvalue weighted by Crippen LogP contribution is -2.36. The predicted octanol–water partition coefficient (Wildman–Crippen LogP) is 1.53. The third kappa shape index (κ3) is 3.66. The molecule has 0 aliphatic heterocycles. The van der Waals surface area contributed by atoms with E-state index in [9.17, 15) is 9.59 Å². The Morgan fingerprint density at radius 2 is 1.96 bits per heavy atom. The molecule has 3 rings (SSSR count). The summed E-state index contributed by atoms with van der Waals surface area (Å²) in [4.78, 5) is 31.0. The van der Waals surface area contributed by atoms with E-state index in [1.165, 1.54) is 4.68 Å². The highest BCUT2D eigenvalue weighted by Gasteiger charge is 2.14. The van der Waals surface area contributed by atoms with E-state index >= 15 is 0 Å². The third-order valence-corrected chi connectivity index (χ3v) is 4.58. The first-order valence-electron chi connectivity index (χ1n) is 8.64. The Kier molecular flexibility index (Phi) is 5.16. The molecule has 3 aromatic rings. The maximum Gasteiger partial charge on any atom is 0.275 e. The van der Waals surface area contributed by atoms with Gasteiger partial charge >= 0.3 is 0 Å². The van der Waals surface area contributed by atoms with Gasteiger partial charge in [0.15, 0.2) is 0 Å². The van der Waals surface area contributed by atoms with Crippen LogP contribution < -0.4 is 5.56 Å². The second-order valence-corrected chi connectivity index (χ2v) is 6.47. The zero-order valence-electron chi connectivity index (χ0n) is 15.3. The first kappa shape index (κ1) is 17.8. The van der Waals surface area contributed by atoms with Gasteiger partial charge in [-0.1, -0.05) is 18.2 Å². The molecule has 2 aromatic heterocycles. The molecule has 0 spiro atoms. The summed E-state index contributed by atoms with van der Waals surface area (Å²) in [6, 6.07) is 7.33. The summed E-state index contributed by atoms with van der Waals surface area (Å²) in [7, 11) is 3.71. The number of fused-ring (bicyclic) bond motifs is 1. The number of hydrogen-bond donors (Lipinski definition) is 0. The smallest absolute Gasteiger partial charge is 0.275 e. The molecule has 2 heterocycles. The largest absolute Gasteiger partial charge is 0.344 e. The number of amides is 1. The molecule has 7 nitrogen and oxygen atoms in total. The van der Waals surface area contributed by atoms with Gasteiger partial charge in [-0.25, -0.2) is 9.67 Å². The van der Waals surface area contributed by atoms with Crippen molar-refractivity contribution in [3.05, 3.63) is 58.5 Å². The highest BCUT2D eigenvalue weighted by Crippen LogP contribution is 2.11. The van der Waals surface area contributed by atoms with E-state index < -0.39 is 0 Å². The molecule has 26 heavy (non-hydrogen) atoms. The van der Waals surface area contributed by atoms with Crippen LogP contribution in [0.5, 0.6) is 0 Å². The second-order valence-electron chi connectivity index (χ2n) is 6.47. The number of aromatic nitrogens is 4. The lowest BCUT2D eigenvalue weighted by molar-refractivity contribution is -0.130. The fourth-order valence-electron chi connectivity index (χ4n) is 3.00. The summed E-state index contributed by atoms with van der Waals surface area (Å²) in [6.45, 7) is 2.40. The summed E-state index contributed by atoms with van der Waals surface area (Å²) in [5.74, 6) is 0.864. The van der Waals surface area contributed by atoms with Crippen molar-refractivity contribution in [3.8, 4) is 0 Å². The van der Waals surface area contributed by atoms with E-state index in [-0.39, 0.29) is 18.0 Å². The molecule has 0 saturated carbocycles. The molecule has 1 amide bonds. The first-order chi connectivity index (χ1) is 12.5. The summed E-state index contributed by atoms with van der Waals surface area (Å²) in [5.41, 5.74) is 0.506. The van der Waals surface area contributed by atoms with Crippen LogP contribution >= 0.6 is 0 Å². The van der Waals surface area contributed by atoms with Crippen molar-refractivity contribution in [2.75, 3.05) is 13.6 Å². The van der Waals surface area contributed by atoms with E-state index in [1.54, 1.807) is 24.2 Å². The van der Waals surface area contributed by atoms with Gasteiger partial charge in [0.25, 0.3) is 5.56 Å². The van der Waals surface area contributed by atoms with Gasteiger partial charge in [-0.3, -0.25) is 9.59 Å². The van der Waals surface area contributed by atoms with Crippen LogP contribution in [0, 0.1) is 6.92 Å². The van der Waals surface area contributed by atoms with Crippen LogP contribution in [-0.2, 0) is 24.8 Å². The molecule has 1 aromatic carbocycles. The van der Waals surface area contributed by atoms with Gasteiger partial charge in [-0.2, -0.15) is 5.10 Å². The van der Waals surface area contributed by atoms with Gasteiger partial charge in [-0.15, -0.1) is 0 Å². The number of likely N-dealkylation sites (N-methyl/N-ethyl adjacent to an activating group) is 1. The molecule has 136 valence electrons. The normalized spacial score (nSPS) is 11.0. The van der Waals surface area contributed by atoms with E-state index in [0.717, 1.165) is 29.7 Å². The van der Waals surface area contributed by atoms with Gasteiger partial charge in [0.1, 0.15) is 12.4 Å². The quantitative estimate of drug-likeness (QED) is 0.674. The number of carbonyl (C=O) groups excluding carboxylic acids is 1. The predicted molar refractivity (Wildman–Crippen MR) is 99.9 cm³/mol. The molecule has 0 unspecified atom stereocenters. The SMILES string of the molecule is Cc1nn(CC(=O)N(C)CCCc2nccn2C)c(=O)c2ccccc12. The van der Waals surface area contributed by atoms with Gasteiger partial charge in [0.2, 0.25) is 5.91 Å². The van der Waals surface area contributed by atoms with Crippen molar-refractivity contribution in [3.63, 3.8) is 0 Å². The summed E-state index contributed by atoms with van der Waals surface area (Å²) >= 11 is 0. The standard InChI is InChI=1S/C19H23N5O2/c1-14-15-7-4-5-8-16(15)19(26)24(21-14)13-18(25)23(3)11-6-9-17-20-10-12-22(17)2/h4-5,7-8,10,12H,6,9,11,13H2,1-3H3. The Balaban J connectivity index is 1.66. The molecular weight excluding hydrogens is 330 g/mol. The van der Waals surface area contributed by atoms with Crippen molar-refractivity contribution in [2.24, 2.45) is 7.05 Å². The molecule has 0 radical (unpaired) electrons. The molecule has 0 saturated heterocycles. The van der Waals surface area contributed by atoms with Crippen molar-refractivity contribution >= 4 is 16.7 Å². The van der Waals surface area contributed by atoms with Crippen LogP contribution in [0.4, 0.5) is 0 Å². The van der Waals surface area contributed by atoms with Gasteiger partial charge < -0.3 is 9.47 Å². The zero-order chi connectivity index (χ0) is 18.7. The maximum atomic E-state index is 12.6. The van der Waals surface area contributed by atoms with Gasteiger partial charge in [0, 0.05) is 44.8 Å². The number of imidazole rings is 1. The van der Waals surface area contributed by atoms with E-state index in [4.69, 9.17) is 0 Å². The molecule has 0 bridgehead atoms. The number of rotatable bonds is 6. The van der Waals surface area contributed by atoms with Gasteiger partial charge in [0.05, 0.1) is 11.1 Å². The Morgan fingerprint density at radius 3 is 2.65 bits per heavy atom. The molecule has 0 N–H and O–H groups in total. The highest BCUT2D eigenvalue weighted by atomic mass is 16.2. The van der Waals surface area contributed by atoms with Crippen molar-refractivity contribution in [1.82, 2.24) is 24.2 Å². The minimum absolute atomic E-state index is 0.0522. The Hall–Kier alpha value is -2.96. The van der Waals surface area contributed by atoms with Crippen LogP contribution in [0.3, 0.4) is 0 Å². The first-order valence-corrected chi connectivity index (χ1v) is 8.64. The van der Waals surface area contributed by atoms with Gasteiger partial charge in [-0.05, 0) is 19.4 Å². The lowest BCUT2D eigenvalue weighted by atomic mass is 10.1. The molecule has 0 atom stereocenters. The van der Waals surface area contributed by atoms with E-state index in [0.29, 0.717) is 11.9 Å². The van der Waals surface area contributed by atoms with Crippen LogP contribution in [0.25, 0.3) is 10.8 Å². The third-order valence-electron chi connectivity index (χ3n) is 4.58. The van der Waals surface area contributed by atoms with Crippen LogP contribution in [0.15, 0.2) is 41.5 Å². The average Bonchev–Trinajstić information content (AvgIpc) is 3.04. The number of hydrogen-bond acceptors (Lipinski definition) is 4. The summed E-state index contributed by atoms with van der Waals surface area (Å²) in [5, 5.41) is 5.71. The number of carbonyl (C=O) groups is 1. The zero-order valence-corrected chi connectivity index (χ0v) is 15.3. The molecule has 0 fully saturated rings. The van der Waals surface area contributed by atoms with Crippen molar-refractivity contribution in [1.29, 1.82) is 0 Å². The monoisotopic (exact) mass is 353 g/mol. The van der Waals surface area contributed by atoms with Crippen LogP contribution in [-0.4, -0.2) is 43.7 Å².